The molecule has 8 nitrogen and oxygen atoms in total. The number of pyridine rings is 2. The molecule has 6 rings (SSSR count). The highest BCUT2D eigenvalue weighted by atomic mass is 32.1. The van der Waals surface area contributed by atoms with Gasteiger partial charge in [-0.05, 0) is 94.4 Å². The number of ether oxygens (including phenoxy) is 1. The number of hydrogen-bond donors (Lipinski definition) is 1. The first-order valence-corrected chi connectivity index (χ1v) is 15.8. The molecule has 0 saturated heterocycles. The molecule has 0 aliphatic heterocycles. The minimum Gasteiger partial charge on any atom is -0.494 e. The fraction of sp³-hybridized carbons (Fsp3) is 0.531. The smallest absolute Gasteiger partial charge is 0.231 e. The highest BCUT2D eigenvalue weighted by molar-refractivity contribution is 7.10. The summed E-state index contributed by atoms with van der Waals surface area (Å²) < 4.78 is 5.26. The summed E-state index contributed by atoms with van der Waals surface area (Å²) in [5.74, 6) is 2.49. The van der Waals surface area contributed by atoms with E-state index in [4.69, 9.17) is 14.7 Å². The quantitative estimate of drug-likeness (QED) is 0.342. The fourth-order valence-electron chi connectivity index (χ4n) is 6.34. The number of aliphatic hydroxyl groups is 1. The van der Waals surface area contributed by atoms with E-state index in [0.29, 0.717) is 67.2 Å². The average Bonchev–Trinajstić information content (AvgIpc) is 3.75. The van der Waals surface area contributed by atoms with E-state index in [1.54, 1.807) is 24.6 Å². The number of thiazole rings is 1. The Labute approximate surface area is 245 Å². The lowest BCUT2D eigenvalue weighted by Crippen LogP contribution is -2.42. The van der Waals surface area contributed by atoms with Crippen molar-refractivity contribution in [3.63, 3.8) is 0 Å². The Hall–Kier alpha value is -3.35. The molecule has 3 aromatic heterocycles. The van der Waals surface area contributed by atoms with Crippen molar-refractivity contribution in [3.05, 3.63) is 52.2 Å². The Morgan fingerprint density at radius 3 is 2.51 bits per heavy atom. The Bertz CT molecular complexity index is 1410. The molecular weight excluding hydrogens is 534 g/mol. The van der Waals surface area contributed by atoms with Gasteiger partial charge in [-0.25, -0.2) is 15.0 Å². The van der Waals surface area contributed by atoms with Gasteiger partial charge in [-0.3, -0.25) is 9.69 Å². The minimum absolute atomic E-state index is 0.0890. The zero-order valence-corrected chi connectivity index (χ0v) is 24.4. The first-order valence-electron chi connectivity index (χ1n) is 14.9. The monoisotopic (exact) mass is 571 g/mol. The van der Waals surface area contributed by atoms with Gasteiger partial charge >= 0.3 is 0 Å². The summed E-state index contributed by atoms with van der Waals surface area (Å²) in [4.78, 5) is 30.1. The third-order valence-corrected chi connectivity index (χ3v) is 10.00. The summed E-state index contributed by atoms with van der Waals surface area (Å²) in [5, 5.41) is 22.8. The van der Waals surface area contributed by atoms with Crippen molar-refractivity contribution < 1.29 is 14.6 Å². The van der Waals surface area contributed by atoms with Gasteiger partial charge in [0.1, 0.15) is 11.9 Å². The number of aromatic nitrogens is 3. The summed E-state index contributed by atoms with van der Waals surface area (Å²) in [6.07, 6.45) is 10.6. The van der Waals surface area contributed by atoms with Gasteiger partial charge in [-0.15, -0.1) is 11.3 Å². The molecule has 0 atom stereocenters. The molecule has 3 heterocycles. The van der Waals surface area contributed by atoms with Crippen molar-refractivity contribution in [1.29, 1.82) is 5.26 Å². The van der Waals surface area contributed by atoms with E-state index in [0.717, 1.165) is 42.6 Å². The molecule has 1 N–H and O–H groups in total. The van der Waals surface area contributed by atoms with Crippen molar-refractivity contribution >= 4 is 23.1 Å². The van der Waals surface area contributed by atoms with Gasteiger partial charge in [-0.2, -0.15) is 5.26 Å². The van der Waals surface area contributed by atoms with E-state index in [1.165, 1.54) is 17.8 Å². The Balaban J connectivity index is 1.19. The third-order valence-electron chi connectivity index (χ3n) is 8.99. The lowest BCUT2D eigenvalue weighted by Gasteiger charge is -2.35. The summed E-state index contributed by atoms with van der Waals surface area (Å²) in [7, 11) is 1.55. The first kappa shape index (κ1) is 27.8. The molecule has 3 saturated carbocycles. The maximum Gasteiger partial charge on any atom is 0.231 e. The minimum atomic E-state index is -0.303. The molecule has 3 fully saturated rings. The zero-order chi connectivity index (χ0) is 28.3. The lowest BCUT2D eigenvalue weighted by atomic mass is 9.79. The standard InChI is InChI=1S/C32H37N5O3S/c1-40-29-13-12-26(35-27(29)17-33)21-4-2-20(3-5-21)18-37(32(39)23-8-10-25(38)11-9-23)30-16-24(14-15-34-30)28-19-41-31(36-28)22-6-7-22/h12-16,19-23,25,38H,2-11,18H2,1H3. The van der Waals surface area contributed by atoms with E-state index in [-0.39, 0.29) is 17.9 Å². The Morgan fingerprint density at radius 1 is 1.05 bits per heavy atom. The maximum absolute atomic E-state index is 14.0. The van der Waals surface area contributed by atoms with Crippen LogP contribution in [0.25, 0.3) is 11.3 Å². The number of anilines is 1. The number of nitriles is 1. The van der Waals surface area contributed by atoms with E-state index in [1.807, 2.05) is 29.2 Å². The maximum atomic E-state index is 14.0. The number of carbonyl (C=O) groups excluding carboxylic acids is 1. The highest BCUT2D eigenvalue weighted by Gasteiger charge is 2.33. The molecule has 0 aromatic carbocycles. The van der Waals surface area contributed by atoms with E-state index in [9.17, 15) is 15.2 Å². The average molecular weight is 572 g/mol. The van der Waals surface area contributed by atoms with E-state index in [2.05, 4.69) is 16.4 Å². The largest absolute Gasteiger partial charge is 0.494 e. The van der Waals surface area contributed by atoms with Gasteiger partial charge in [0.25, 0.3) is 0 Å². The summed E-state index contributed by atoms with van der Waals surface area (Å²) in [6.45, 7) is 0.630. The van der Waals surface area contributed by atoms with Gasteiger partial charge in [0.15, 0.2) is 11.4 Å². The van der Waals surface area contributed by atoms with Crippen molar-refractivity contribution in [2.24, 2.45) is 11.8 Å². The fourth-order valence-corrected chi connectivity index (χ4v) is 7.34. The van der Waals surface area contributed by atoms with E-state index >= 15 is 0 Å². The van der Waals surface area contributed by atoms with Crippen LogP contribution >= 0.6 is 11.3 Å². The first-order chi connectivity index (χ1) is 20.0. The second-order valence-electron chi connectivity index (χ2n) is 11.8. The molecule has 3 aliphatic rings. The normalized spacial score (nSPS) is 24.4. The molecule has 0 bridgehead atoms. The summed E-state index contributed by atoms with van der Waals surface area (Å²) in [6, 6.07) is 9.96. The molecule has 0 radical (unpaired) electrons. The van der Waals surface area contributed by atoms with Crippen molar-refractivity contribution in [2.75, 3.05) is 18.6 Å². The van der Waals surface area contributed by atoms with Crippen LogP contribution in [0.1, 0.15) is 92.4 Å². The third kappa shape index (κ3) is 6.29. The van der Waals surface area contributed by atoms with Gasteiger partial charge < -0.3 is 9.84 Å². The number of rotatable bonds is 8. The van der Waals surface area contributed by atoms with Gasteiger partial charge in [0, 0.05) is 47.1 Å². The zero-order valence-electron chi connectivity index (χ0n) is 23.5. The molecule has 3 aliphatic carbocycles. The molecule has 1 amide bonds. The van der Waals surface area contributed by atoms with E-state index < -0.39 is 0 Å². The van der Waals surface area contributed by atoms with Crippen molar-refractivity contribution in [1.82, 2.24) is 15.0 Å². The van der Waals surface area contributed by atoms with Gasteiger partial charge in [0.2, 0.25) is 5.91 Å². The molecule has 214 valence electrons. The van der Waals surface area contributed by atoms with Gasteiger partial charge in [0.05, 0.1) is 23.9 Å². The number of methoxy groups -OCH3 is 1. The summed E-state index contributed by atoms with van der Waals surface area (Å²) in [5.41, 5.74) is 3.23. The van der Waals surface area contributed by atoms with Crippen molar-refractivity contribution in [3.8, 4) is 23.1 Å². The van der Waals surface area contributed by atoms with Crippen LogP contribution in [-0.2, 0) is 4.79 Å². The molecule has 0 spiro atoms. The summed E-state index contributed by atoms with van der Waals surface area (Å²) >= 11 is 1.72. The lowest BCUT2D eigenvalue weighted by molar-refractivity contribution is -0.124. The van der Waals surface area contributed by atoms with Crippen LogP contribution in [0.4, 0.5) is 5.82 Å². The van der Waals surface area contributed by atoms with Crippen molar-refractivity contribution in [2.45, 2.75) is 82.1 Å². The number of carbonyl (C=O) groups is 1. The van der Waals surface area contributed by atoms with Crippen LogP contribution in [-0.4, -0.2) is 45.7 Å². The SMILES string of the molecule is COc1ccc(C2CCC(CN(C(=O)C3CCC(O)CC3)c3cc(-c4csc(C5CC5)n4)ccn3)CC2)nc1C#N. The highest BCUT2D eigenvalue weighted by Crippen LogP contribution is 2.43. The molecule has 41 heavy (non-hydrogen) atoms. The second kappa shape index (κ2) is 12.3. The second-order valence-corrected chi connectivity index (χ2v) is 12.7. The Morgan fingerprint density at radius 2 is 1.80 bits per heavy atom. The van der Waals surface area contributed by atoms with Crippen LogP contribution in [0, 0.1) is 23.2 Å². The van der Waals surface area contributed by atoms with Crippen LogP contribution in [0.15, 0.2) is 35.8 Å². The predicted molar refractivity (Wildman–Crippen MR) is 158 cm³/mol. The number of aliphatic hydroxyl groups excluding tert-OH is 1. The molecule has 9 heteroatoms. The predicted octanol–water partition coefficient (Wildman–Crippen LogP) is 6.22. The van der Waals surface area contributed by atoms with Crippen LogP contribution in [0.2, 0.25) is 0 Å². The van der Waals surface area contributed by atoms with Crippen LogP contribution in [0.5, 0.6) is 5.75 Å². The number of hydrogen-bond acceptors (Lipinski definition) is 8. The Kier molecular flexibility index (Phi) is 8.31. The molecule has 3 aromatic rings. The van der Waals surface area contributed by atoms with Gasteiger partial charge in [-0.1, -0.05) is 0 Å². The number of nitrogens with zero attached hydrogens (tertiary/aromatic N) is 5. The molecule has 0 unspecified atom stereocenters. The molecular formula is C32H37N5O3S. The topological polar surface area (TPSA) is 112 Å². The number of amides is 1. The van der Waals surface area contributed by atoms with Crippen LogP contribution in [0.3, 0.4) is 0 Å². The van der Waals surface area contributed by atoms with Crippen LogP contribution < -0.4 is 9.64 Å².